The molecular weight excluding hydrogens is 262 g/mol. The summed E-state index contributed by atoms with van der Waals surface area (Å²) in [6, 6.07) is 18.8. The van der Waals surface area contributed by atoms with Crippen LogP contribution in [0, 0.1) is 6.92 Å². The van der Waals surface area contributed by atoms with Crippen molar-refractivity contribution in [1.82, 2.24) is 4.57 Å². The van der Waals surface area contributed by atoms with Gasteiger partial charge in [0, 0.05) is 6.07 Å². The molecule has 2 aromatic carbocycles. The molecule has 0 radical (unpaired) electrons. The van der Waals surface area contributed by atoms with Gasteiger partial charge in [-0.2, -0.15) is 0 Å². The lowest BCUT2D eigenvalue weighted by molar-refractivity contribution is 0.157. The van der Waals surface area contributed by atoms with Crippen molar-refractivity contribution in [1.29, 1.82) is 0 Å². The van der Waals surface area contributed by atoms with E-state index in [1.165, 1.54) is 0 Å². The Balaban J connectivity index is 1.99. The van der Waals surface area contributed by atoms with Gasteiger partial charge in [0.05, 0.1) is 18.2 Å². The highest BCUT2D eigenvalue weighted by Crippen LogP contribution is 2.18. The summed E-state index contributed by atoms with van der Waals surface area (Å²) in [5, 5.41) is 11.4. The zero-order valence-electron chi connectivity index (χ0n) is 11.9. The van der Waals surface area contributed by atoms with Gasteiger partial charge in [-0.05, 0) is 30.0 Å². The number of aryl methyl sites for hydroxylation is 1. The summed E-state index contributed by atoms with van der Waals surface area (Å²) in [4.78, 5) is 12.1. The van der Waals surface area contributed by atoms with Gasteiger partial charge in [0.25, 0.3) is 5.56 Å². The molecule has 3 nitrogen and oxygen atoms in total. The average Bonchev–Trinajstić information content (AvgIpc) is 2.51. The minimum absolute atomic E-state index is 0.0974. The molecule has 0 aliphatic carbocycles. The van der Waals surface area contributed by atoms with Crippen molar-refractivity contribution >= 4 is 10.9 Å². The van der Waals surface area contributed by atoms with Crippen LogP contribution in [0.15, 0.2) is 65.5 Å². The maximum atomic E-state index is 12.1. The molecule has 0 spiro atoms. The highest BCUT2D eigenvalue weighted by Gasteiger charge is 2.11. The Kier molecular flexibility index (Phi) is 3.59. The molecule has 1 heterocycles. The summed E-state index contributed by atoms with van der Waals surface area (Å²) < 4.78 is 1.62. The topological polar surface area (TPSA) is 42.2 Å². The van der Waals surface area contributed by atoms with Crippen LogP contribution in [0.4, 0.5) is 0 Å². The first-order valence-corrected chi connectivity index (χ1v) is 6.98. The van der Waals surface area contributed by atoms with Crippen LogP contribution in [0.5, 0.6) is 0 Å². The van der Waals surface area contributed by atoms with E-state index in [2.05, 4.69) is 0 Å². The van der Waals surface area contributed by atoms with E-state index in [1.807, 2.05) is 61.5 Å². The van der Waals surface area contributed by atoms with E-state index in [0.717, 1.165) is 22.0 Å². The summed E-state index contributed by atoms with van der Waals surface area (Å²) in [5.41, 5.74) is 2.71. The van der Waals surface area contributed by atoms with E-state index >= 15 is 0 Å². The van der Waals surface area contributed by atoms with Gasteiger partial charge >= 0.3 is 0 Å². The minimum Gasteiger partial charge on any atom is -0.387 e. The maximum Gasteiger partial charge on any atom is 0.251 e. The number of para-hydroxylation sites is 1. The molecular formula is C18H17NO2. The molecule has 3 aromatic rings. The Morgan fingerprint density at radius 1 is 1.00 bits per heavy atom. The van der Waals surface area contributed by atoms with E-state index in [9.17, 15) is 9.90 Å². The van der Waals surface area contributed by atoms with Crippen molar-refractivity contribution in [3.05, 3.63) is 82.1 Å². The van der Waals surface area contributed by atoms with E-state index in [-0.39, 0.29) is 12.1 Å². The monoisotopic (exact) mass is 279 g/mol. The van der Waals surface area contributed by atoms with E-state index < -0.39 is 6.10 Å². The molecule has 0 saturated heterocycles. The Morgan fingerprint density at radius 3 is 2.48 bits per heavy atom. The smallest absolute Gasteiger partial charge is 0.251 e. The molecule has 3 rings (SSSR count). The Hall–Kier alpha value is -2.39. The second-order valence-corrected chi connectivity index (χ2v) is 5.27. The van der Waals surface area contributed by atoms with Crippen LogP contribution in [0.2, 0.25) is 0 Å². The van der Waals surface area contributed by atoms with Crippen LogP contribution in [0.1, 0.15) is 17.2 Å². The second kappa shape index (κ2) is 5.54. The largest absolute Gasteiger partial charge is 0.387 e. The molecule has 0 aliphatic heterocycles. The first kappa shape index (κ1) is 13.6. The average molecular weight is 279 g/mol. The summed E-state index contributed by atoms with van der Waals surface area (Å²) in [6.07, 6.45) is -0.700. The number of fused-ring (bicyclic) bond motifs is 1. The molecule has 0 aliphatic rings. The zero-order valence-corrected chi connectivity index (χ0v) is 11.9. The molecule has 3 heteroatoms. The van der Waals surface area contributed by atoms with Crippen LogP contribution in [-0.2, 0) is 6.54 Å². The third-order valence-electron chi connectivity index (χ3n) is 3.72. The molecule has 1 atom stereocenters. The fraction of sp³-hybridized carbons (Fsp3) is 0.167. The lowest BCUT2D eigenvalue weighted by Gasteiger charge is -2.15. The van der Waals surface area contributed by atoms with E-state index in [1.54, 1.807) is 10.6 Å². The number of aliphatic hydroxyl groups is 1. The highest BCUT2D eigenvalue weighted by atomic mass is 16.3. The molecule has 0 fully saturated rings. The standard InChI is InChI=1S/C18H17NO2/c1-13-6-8-15(9-7-13)17(20)12-19-16-5-3-2-4-14(16)10-11-18(19)21/h2-11,17,20H,12H2,1H3. The van der Waals surface area contributed by atoms with Gasteiger partial charge in [-0.25, -0.2) is 0 Å². The molecule has 1 aromatic heterocycles. The number of aromatic nitrogens is 1. The predicted molar refractivity (Wildman–Crippen MR) is 84.3 cm³/mol. The molecule has 0 saturated carbocycles. The number of hydrogen-bond donors (Lipinski definition) is 1. The van der Waals surface area contributed by atoms with Crippen LogP contribution < -0.4 is 5.56 Å². The van der Waals surface area contributed by atoms with Gasteiger partial charge in [-0.1, -0.05) is 48.0 Å². The second-order valence-electron chi connectivity index (χ2n) is 5.27. The summed E-state index contributed by atoms with van der Waals surface area (Å²) in [6.45, 7) is 2.26. The third kappa shape index (κ3) is 2.73. The van der Waals surface area contributed by atoms with Gasteiger partial charge in [0.2, 0.25) is 0 Å². The van der Waals surface area contributed by atoms with Crippen LogP contribution in [0.25, 0.3) is 10.9 Å². The van der Waals surface area contributed by atoms with Gasteiger partial charge in [0.15, 0.2) is 0 Å². The summed E-state index contributed by atoms with van der Waals surface area (Å²) in [5.74, 6) is 0. The SMILES string of the molecule is Cc1ccc(C(O)Cn2c(=O)ccc3ccccc32)cc1. The highest BCUT2D eigenvalue weighted by molar-refractivity contribution is 5.78. The summed E-state index contributed by atoms with van der Waals surface area (Å²) >= 11 is 0. The Morgan fingerprint density at radius 2 is 1.71 bits per heavy atom. The zero-order chi connectivity index (χ0) is 14.8. The number of benzene rings is 2. The fourth-order valence-electron chi connectivity index (χ4n) is 2.50. The van der Waals surface area contributed by atoms with Crippen molar-refractivity contribution in [2.45, 2.75) is 19.6 Å². The Bertz CT molecular complexity index is 818. The first-order chi connectivity index (χ1) is 10.1. The molecule has 21 heavy (non-hydrogen) atoms. The fourth-order valence-corrected chi connectivity index (χ4v) is 2.50. The Labute approximate surface area is 123 Å². The van der Waals surface area contributed by atoms with Gasteiger partial charge in [0.1, 0.15) is 0 Å². The number of rotatable bonds is 3. The maximum absolute atomic E-state index is 12.1. The van der Waals surface area contributed by atoms with E-state index in [0.29, 0.717) is 0 Å². The molecule has 1 unspecified atom stereocenters. The molecule has 106 valence electrons. The van der Waals surface area contributed by atoms with Crippen LogP contribution in [-0.4, -0.2) is 9.67 Å². The lowest BCUT2D eigenvalue weighted by atomic mass is 10.1. The number of hydrogen-bond acceptors (Lipinski definition) is 2. The van der Waals surface area contributed by atoms with Gasteiger partial charge in [-0.15, -0.1) is 0 Å². The molecule has 1 N–H and O–H groups in total. The van der Waals surface area contributed by atoms with Crippen molar-refractivity contribution in [2.24, 2.45) is 0 Å². The lowest BCUT2D eigenvalue weighted by Crippen LogP contribution is -2.22. The quantitative estimate of drug-likeness (QED) is 0.800. The van der Waals surface area contributed by atoms with Crippen molar-refractivity contribution in [3.63, 3.8) is 0 Å². The minimum atomic E-state index is -0.700. The van der Waals surface area contributed by atoms with Crippen LogP contribution in [0.3, 0.4) is 0 Å². The van der Waals surface area contributed by atoms with Gasteiger partial charge in [-0.3, -0.25) is 4.79 Å². The van der Waals surface area contributed by atoms with Gasteiger partial charge < -0.3 is 9.67 Å². The van der Waals surface area contributed by atoms with Crippen molar-refractivity contribution in [3.8, 4) is 0 Å². The van der Waals surface area contributed by atoms with Crippen molar-refractivity contribution < 1.29 is 5.11 Å². The van der Waals surface area contributed by atoms with Crippen LogP contribution >= 0.6 is 0 Å². The summed E-state index contributed by atoms with van der Waals surface area (Å²) in [7, 11) is 0. The predicted octanol–water partition coefficient (Wildman–Crippen LogP) is 3.04. The molecule has 0 bridgehead atoms. The first-order valence-electron chi connectivity index (χ1n) is 6.98. The molecule has 0 amide bonds. The number of nitrogens with zero attached hydrogens (tertiary/aromatic N) is 1. The normalized spacial score (nSPS) is 12.5. The van der Waals surface area contributed by atoms with E-state index in [4.69, 9.17) is 0 Å². The number of aliphatic hydroxyl groups excluding tert-OH is 1. The number of pyridine rings is 1. The van der Waals surface area contributed by atoms with Crippen molar-refractivity contribution in [2.75, 3.05) is 0 Å². The third-order valence-corrected chi connectivity index (χ3v) is 3.72.